The Morgan fingerprint density at radius 3 is 2.05 bits per heavy atom. The minimum Gasteiger partial charge on any atom is -0.462 e. The molecule has 0 saturated carbocycles. The summed E-state index contributed by atoms with van der Waals surface area (Å²) in [6, 6.07) is 0. The quantitative estimate of drug-likeness (QED) is 0.0410. The summed E-state index contributed by atoms with van der Waals surface area (Å²) in [5.74, 6) is -0.0262. The van der Waals surface area contributed by atoms with Crippen LogP contribution in [0.25, 0.3) is 0 Å². The van der Waals surface area contributed by atoms with Crippen LogP contribution in [0.2, 0.25) is 0 Å². The van der Waals surface area contributed by atoms with E-state index in [4.69, 9.17) is 9.47 Å². The fourth-order valence-electron chi connectivity index (χ4n) is 4.31. The lowest BCUT2D eigenvalue weighted by atomic mass is 10.0. The second kappa shape index (κ2) is 30.3. The average Bonchev–Trinajstić information content (AvgIpc) is 2.96. The number of aliphatic hydroxyl groups excluding tert-OH is 2. The van der Waals surface area contributed by atoms with E-state index in [-0.39, 0.29) is 19.0 Å². The van der Waals surface area contributed by atoms with Gasteiger partial charge in [-0.3, -0.25) is 9.59 Å². The van der Waals surface area contributed by atoms with Gasteiger partial charge >= 0.3 is 11.9 Å². The highest BCUT2D eigenvalue weighted by Gasteiger charge is 2.16. The van der Waals surface area contributed by atoms with E-state index in [0.717, 1.165) is 44.4 Å². The molecule has 0 aromatic carbocycles. The number of aliphatic hydroxyl groups is 2. The smallest absolute Gasteiger partial charge is 0.306 e. The van der Waals surface area contributed by atoms with Crippen LogP contribution >= 0.6 is 0 Å². The highest BCUT2D eigenvalue weighted by molar-refractivity contribution is 5.70. The van der Waals surface area contributed by atoms with Crippen LogP contribution in [-0.2, 0) is 19.1 Å². The average molecular weight is 591 g/mol. The number of allylic oxidation sites excluding steroid dienone is 7. The van der Waals surface area contributed by atoms with Gasteiger partial charge in [-0.1, -0.05) is 127 Å². The van der Waals surface area contributed by atoms with E-state index in [1.54, 1.807) is 6.08 Å². The van der Waals surface area contributed by atoms with Crippen LogP contribution in [0.3, 0.4) is 0 Å². The zero-order valence-electron chi connectivity index (χ0n) is 27.0. The SMILES string of the molecule is CCCCC/C=C\C/C=C\C/C=C\C=C\[C@@H](O)CCCC(=O)OC[C@H](CO)OC(=O)CCCCCCCCCC(C)C. The molecule has 0 heterocycles. The Bertz CT molecular complexity index is 752. The van der Waals surface area contributed by atoms with Gasteiger partial charge < -0.3 is 19.7 Å². The summed E-state index contributed by atoms with van der Waals surface area (Å²) in [5.41, 5.74) is 0. The van der Waals surface area contributed by atoms with Gasteiger partial charge in [-0.15, -0.1) is 0 Å². The largest absolute Gasteiger partial charge is 0.462 e. The molecule has 2 atom stereocenters. The van der Waals surface area contributed by atoms with Gasteiger partial charge in [0, 0.05) is 12.8 Å². The molecule has 0 aliphatic carbocycles. The van der Waals surface area contributed by atoms with Crippen molar-refractivity contribution in [1.82, 2.24) is 0 Å². The van der Waals surface area contributed by atoms with Crippen LogP contribution in [-0.4, -0.2) is 47.6 Å². The van der Waals surface area contributed by atoms with Crippen molar-refractivity contribution in [3.8, 4) is 0 Å². The molecule has 42 heavy (non-hydrogen) atoms. The van der Waals surface area contributed by atoms with Crippen molar-refractivity contribution in [3.05, 3.63) is 48.6 Å². The first-order valence-electron chi connectivity index (χ1n) is 16.7. The molecule has 6 nitrogen and oxygen atoms in total. The third kappa shape index (κ3) is 29.3. The maximum absolute atomic E-state index is 12.1. The summed E-state index contributed by atoms with van der Waals surface area (Å²) >= 11 is 0. The van der Waals surface area contributed by atoms with E-state index in [1.165, 1.54) is 51.4 Å². The number of esters is 2. The Morgan fingerprint density at radius 1 is 0.714 bits per heavy atom. The molecule has 242 valence electrons. The molecule has 0 aromatic heterocycles. The number of carbonyl (C=O) groups is 2. The maximum Gasteiger partial charge on any atom is 0.306 e. The van der Waals surface area contributed by atoms with Crippen LogP contribution < -0.4 is 0 Å². The first kappa shape index (κ1) is 39.8. The fourth-order valence-corrected chi connectivity index (χ4v) is 4.31. The van der Waals surface area contributed by atoms with Crippen molar-refractivity contribution in [2.45, 2.75) is 149 Å². The summed E-state index contributed by atoms with van der Waals surface area (Å²) < 4.78 is 10.4. The van der Waals surface area contributed by atoms with Gasteiger partial charge in [0.1, 0.15) is 6.61 Å². The van der Waals surface area contributed by atoms with Crippen LogP contribution in [0.15, 0.2) is 48.6 Å². The molecule has 0 saturated heterocycles. The molecule has 2 N–H and O–H groups in total. The van der Waals surface area contributed by atoms with Gasteiger partial charge in [-0.25, -0.2) is 0 Å². The van der Waals surface area contributed by atoms with Gasteiger partial charge in [0.25, 0.3) is 0 Å². The van der Waals surface area contributed by atoms with Gasteiger partial charge in [0.05, 0.1) is 12.7 Å². The fraction of sp³-hybridized carbons (Fsp3) is 0.722. The lowest BCUT2D eigenvalue weighted by Crippen LogP contribution is -2.28. The van der Waals surface area contributed by atoms with E-state index >= 15 is 0 Å². The Hall–Kier alpha value is -2.18. The molecule has 0 aromatic rings. The molecule has 0 bridgehead atoms. The molecule has 0 rings (SSSR count). The Labute approximate surface area is 257 Å². The van der Waals surface area contributed by atoms with Gasteiger partial charge in [-0.2, -0.15) is 0 Å². The van der Waals surface area contributed by atoms with Crippen LogP contribution in [0.5, 0.6) is 0 Å². The summed E-state index contributed by atoms with van der Waals surface area (Å²) in [6.07, 6.45) is 32.1. The molecule has 0 fully saturated rings. The zero-order valence-corrected chi connectivity index (χ0v) is 27.0. The molecule has 0 spiro atoms. The van der Waals surface area contributed by atoms with Crippen molar-refractivity contribution >= 4 is 11.9 Å². The molecule has 0 aliphatic heterocycles. The van der Waals surface area contributed by atoms with Gasteiger partial charge in [-0.05, 0) is 50.9 Å². The van der Waals surface area contributed by atoms with Gasteiger partial charge in [0.2, 0.25) is 0 Å². The summed E-state index contributed by atoms with van der Waals surface area (Å²) in [7, 11) is 0. The number of hydrogen-bond acceptors (Lipinski definition) is 6. The minimum absolute atomic E-state index is 0.155. The number of hydrogen-bond donors (Lipinski definition) is 2. The maximum atomic E-state index is 12.1. The number of rotatable bonds is 28. The number of carbonyl (C=O) groups excluding carboxylic acids is 2. The van der Waals surface area contributed by atoms with Crippen LogP contribution in [0.4, 0.5) is 0 Å². The Morgan fingerprint density at radius 2 is 1.36 bits per heavy atom. The predicted molar refractivity (Wildman–Crippen MR) is 174 cm³/mol. The van der Waals surface area contributed by atoms with E-state index in [2.05, 4.69) is 45.1 Å². The van der Waals surface area contributed by atoms with Crippen molar-refractivity contribution in [1.29, 1.82) is 0 Å². The minimum atomic E-state index is -0.843. The van der Waals surface area contributed by atoms with E-state index in [9.17, 15) is 19.8 Å². The monoisotopic (exact) mass is 590 g/mol. The predicted octanol–water partition coefficient (Wildman–Crippen LogP) is 8.72. The summed E-state index contributed by atoms with van der Waals surface area (Å²) in [4.78, 5) is 24.1. The molecule has 0 radical (unpaired) electrons. The standard InChI is InChI=1S/C36H62O6/c1-4-5-6-7-8-9-10-11-12-13-16-19-22-26-33(38)27-24-29-35(39)41-31-34(30-37)42-36(40)28-23-20-17-14-15-18-21-25-32(2)3/h8-9,11-12,16,19,22,26,32-34,37-38H,4-7,10,13-15,17-18,20-21,23-25,27-31H2,1-3H3/b9-8-,12-11-,19-16-,26-22+/t33-,34+/m1/s1. The van der Waals surface area contributed by atoms with Crippen molar-refractivity contribution in [2.24, 2.45) is 5.92 Å². The summed E-state index contributed by atoms with van der Waals surface area (Å²) in [6.45, 7) is 6.18. The van der Waals surface area contributed by atoms with Crippen LogP contribution in [0.1, 0.15) is 136 Å². The van der Waals surface area contributed by atoms with Crippen molar-refractivity contribution in [2.75, 3.05) is 13.2 Å². The molecule has 0 unspecified atom stereocenters. The highest BCUT2D eigenvalue weighted by Crippen LogP contribution is 2.13. The second-order valence-corrected chi connectivity index (χ2v) is 11.6. The summed E-state index contributed by atoms with van der Waals surface area (Å²) in [5, 5.41) is 19.6. The van der Waals surface area contributed by atoms with Crippen LogP contribution in [0, 0.1) is 5.92 Å². The first-order chi connectivity index (χ1) is 20.4. The molecule has 6 heteroatoms. The highest BCUT2D eigenvalue weighted by atomic mass is 16.6. The topological polar surface area (TPSA) is 93.1 Å². The Kier molecular flexibility index (Phi) is 28.7. The van der Waals surface area contributed by atoms with E-state index in [0.29, 0.717) is 19.3 Å². The Balaban J connectivity index is 3.85. The van der Waals surface area contributed by atoms with Crippen molar-refractivity contribution < 1.29 is 29.3 Å². The molecule has 0 amide bonds. The molecular formula is C36H62O6. The van der Waals surface area contributed by atoms with E-state index in [1.807, 2.05) is 18.2 Å². The third-order valence-corrected chi connectivity index (χ3v) is 6.91. The lowest BCUT2D eigenvalue weighted by molar-refractivity contribution is -0.161. The third-order valence-electron chi connectivity index (χ3n) is 6.91. The second-order valence-electron chi connectivity index (χ2n) is 11.6. The lowest BCUT2D eigenvalue weighted by Gasteiger charge is -2.16. The number of unbranched alkanes of at least 4 members (excludes halogenated alkanes) is 9. The normalized spacial score (nSPS) is 13.7. The molecular weight excluding hydrogens is 528 g/mol. The number of ether oxygens (including phenoxy) is 2. The van der Waals surface area contributed by atoms with E-state index < -0.39 is 24.8 Å². The first-order valence-corrected chi connectivity index (χ1v) is 16.7. The van der Waals surface area contributed by atoms with Crippen molar-refractivity contribution in [3.63, 3.8) is 0 Å². The van der Waals surface area contributed by atoms with Gasteiger partial charge in [0.15, 0.2) is 6.10 Å². The zero-order chi connectivity index (χ0) is 31.1. The molecule has 0 aliphatic rings.